The maximum Gasteiger partial charge on any atom is 0.0670 e. The third-order valence-corrected chi connectivity index (χ3v) is 3.76. The van der Waals surface area contributed by atoms with Crippen LogP contribution in [0.15, 0.2) is 0 Å². The van der Waals surface area contributed by atoms with Gasteiger partial charge in [0.25, 0.3) is 0 Å². The van der Waals surface area contributed by atoms with Crippen LogP contribution in [0.2, 0.25) is 0 Å². The second-order valence-corrected chi connectivity index (χ2v) is 4.96. The van der Waals surface area contributed by atoms with Crippen LogP contribution >= 0.6 is 0 Å². The second kappa shape index (κ2) is 3.80. The highest BCUT2D eigenvalue weighted by atomic mass is 16.5. The van der Waals surface area contributed by atoms with Crippen LogP contribution in [0.5, 0.6) is 0 Å². The Morgan fingerprint density at radius 1 is 1.36 bits per heavy atom. The summed E-state index contributed by atoms with van der Waals surface area (Å²) >= 11 is 0. The Hall–Kier alpha value is -0.120. The molecule has 0 aliphatic carbocycles. The van der Waals surface area contributed by atoms with Gasteiger partial charge in [0, 0.05) is 31.8 Å². The van der Waals surface area contributed by atoms with E-state index in [-0.39, 0.29) is 5.60 Å². The van der Waals surface area contributed by atoms with Gasteiger partial charge in [-0.15, -0.1) is 0 Å². The molecule has 2 unspecified atom stereocenters. The van der Waals surface area contributed by atoms with Crippen molar-refractivity contribution < 1.29 is 4.74 Å². The molecular weight excluding hydrogens is 176 g/mol. The lowest BCUT2D eigenvalue weighted by molar-refractivity contribution is -0.103. The Morgan fingerprint density at radius 3 is 2.86 bits per heavy atom. The number of hydrogen-bond donors (Lipinski definition) is 2. The zero-order valence-corrected chi connectivity index (χ0v) is 9.36. The van der Waals surface area contributed by atoms with Crippen LogP contribution in [0.4, 0.5) is 0 Å². The highest BCUT2D eigenvalue weighted by Gasteiger charge is 2.42. The number of nitrogens with one attached hydrogen (secondary N) is 2. The van der Waals surface area contributed by atoms with E-state index >= 15 is 0 Å². The Kier molecular flexibility index (Phi) is 2.82. The Morgan fingerprint density at radius 2 is 2.21 bits per heavy atom. The van der Waals surface area contributed by atoms with Gasteiger partial charge in [-0.05, 0) is 26.2 Å². The lowest BCUT2D eigenvalue weighted by Crippen LogP contribution is -2.64. The van der Waals surface area contributed by atoms with E-state index in [2.05, 4.69) is 24.5 Å². The lowest BCUT2D eigenvalue weighted by Gasteiger charge is -2.48. The molecule has 2 N–H and O–H groups in total. The summed E-state index contributed by atoms with van der Waals surface area (Å²) in [4.78, 5) is 0. The largest absolute Gasteiger partial charge is 0.375 e. The monoisotopic (exact) mass is 198 g/mol. The fourth-order valence-electron chi connectivity index (χ4n) is 2.68. The van der Waals surface area contributed by atoms with Crippen molar-refractivity contribution in [2.24, 2.45) is 0 Å². The van der Waals surface area contributed by atoms with Crippen molar-refractivity contribution in [2.45, 2.75) is 44.2 Å². The normalized spacial score (nSPS) is 44.1. The molecule has 3 nitrogen and oxygen atoms in total. The van der Waals surface area contributed by atoms with Gasteiger partial charge in [0.1, 0.15) is 0 Å². The predicted octanol–water partition coefficient (Wildman–Crippen LogP) is 0.897. The molecule has 0 saturated carbocycles. The van der Waals surface area contributed by atoms with E-state index < -0.39 is 0 Å². The number of piperazine rings is 1. The van der Waals surface area contributed by atoms with Crippen molar-refractivity contribution in [1.82, 2.24) is 10.6 Å². The number of ether oxygens (including phenoxy) is 1. The van der Waals surface area contributed by atoms with Crippen molar-refractivity contribution in [2.75, 3.05) is 26.2 Å². The second-order valence-electron chi connectivity index (χ2n) is 4.96. The van der Waals surface area contributed by atoms with Crippen LogP contribution in [0, 0.1) is 0 Å². The fraction of sp³-hybridized carbons (Fsp3) is 1.00. The molecule has 0 amide bonds. The minimum Gasteiger partial charge on any atom is -0.375 e. The molecule has 1 spiro atoms. The van der Waals surface area contributed by atoms with Gasteiger partial charge >= 0.3 is 0 Å². The molecule has 2 fully saturated rings. The summed E-state index contributed by atoms with van der Waals surface area (Å²) in [6.45, 7) is 8.66. The molecule has 2 atom stereocenters. The maximum atomic E-state index is 5.87. The number of rotatable bonds is 1. The zero-order chi connectivity index (χ0) is 10.1. The van der Waals surface area contributed by atoms with Crippen LogP contribution in [-0.2, 0) is 4.74 Å². The van der Waals surface area contributed by atoms with E-state index in [0.29, 0.717) is 5.54 Å². The molecule has 0 bridgehead atoms. The first-order valence-electron chi connectivity index (χ1n) is 5.78. The fourth-order valence-corrected chi connectivity index (χ4v) is 2.68. The third-order valence-electron chi connectivity index (χ3n) is 3.76. The molecule has 14 heavy (non-hydrogen) atoms. The van der Waals surface area contributed by atoms with E-state index in [9.17, 15) is 0 Å². The van der Waals surface area contributed by atoms with E-state index in [0.717, 1.165) is 45.5 Å². The summed E-state index contributed by atoms with van der Waals surface area (Å²) in [5.74, 6) is 0. The van der Waals surface area contributed by atoms with Crippen LogP contribution in [-0.4, -0.2) is 37.4 Å². The summed E-state index contributed by atoms with van der Waals surface area (Å²) in [7, 11) is 0. The van der Waals surface area contributed by atoms with Gasteiger partial charge in [-0.1, -0.05) is 6.92 Å². The van der Waals surface area contributed by atoms with Crippen molar-refractivity contribution >= 4 is 0 Å². The minimum atomic E-state index is 0.0876. The smallest absolute Gasteiger partial charge is 0.0670 e. The molecule has 2 rings (SSSR count). The molecule has 82 valence electrons. The van der Waals surface area contributed by atoms with Crippen LogP contribution in [0.25, 0.3) is 0 Å². The van der Waals surface area contributed by atoms with Crippen molar-refractivity contribution in [3.8, 4) is 0 Å². The van der Waals surface area contributed by atoms with Crippen molar-refractivity contribution in [1.29, 1.82) is 0 Å². The topological polar surface area (TPSA) is 33.3 Å². The first kappa shape index (κ1) is 10.4. The predicted molar refractivity (Wildman–Crippen MR) is 57.5 cm³/mol. The van der Waals surface area contributed by atoms with Gasteiger partial charge < -0.3 is 15.4 Å². The average molecular weight is 198 g/mol. The van der Waals surface area contributed by atoms with E-state index in [4.69, 9.17) is 4.74 Å². The zero-order valence-electron chi connectivity index (χ0n) is 9.36. The van der Waals surface area contributed by atoms with Gasteiger partial charge in [0.15, 0.2) is 0 Å². The molecular formula is C11H22N2O. The summed E-state index contributed by atoms with van der Waals surface area (Å²) in [5, 5.41) is 7.17. The van der Waals surface area contributed by atoms with E-state index in [1.165, 1.54) is 0 Å². The molecule has 0 aromatic rings. The molecule has 2 saturated heterocycles. The first-order chi connectivity index (χ1) is 6.68. The van der Waals surface area contributed by atoms with Crippen LogP contribution < -0.4 is 10.6 Å². The number of hydrogen-bond acceptors (Lipinski definition) is 3. The first-order valence-corrected chi connectivity index (χ1v) is 5.78. The van der Waals surface area contributed by atoms with E-state index in [1.807, 2.05) is 0 Å². The average Bonchev–Trinajstić information content (AvgIpc) is 2.19. The van der Waals surface area contributed by atoms with Gasteiger partial charge in [-0.2, -0.15) is 0 Å². The molecule has 2 heterocycles. The molecule has 0 aromatic heterocycles. The van der Waals surface area contributed by atoms with Crippen molar-refractivity contribution in [3.63, 3.8) is 0 Å². The minimum absolute atomic E-state index is 0.0876. The maximum absolute atomic E-state index is 5.87. The van der Waals surface area contributed by atoms with Crippen LogP contribution in [0.1, 0.15) is 33.1 Å². The Labute approximate surface area is 86.6 Å². The van der Waals surface area contributed by atoms with Crippen LogP contribution in [0.3, 0.4) is 0 Å². The highest BCUT2D eigenvalue weighted by molar-refractivity contribution is 5.01. The van der Waals surface area contributed by atoms with Gasteiger partial charge in [-0.25, -0.2) is 0 Å². The quantitative estimate of drug-likeness (QED) is 0.657. The SMILES string of the molecule is CCC1(C)CC2(CCO1)CNCCN2. The molecule has 2 aliphatic rings. The molecule has 0 aromatic carbocycles. The van der Waals surface area contributed by atoms with Gasteiger partial charge in [0.2, 0.25) is 0 Å². The summed E-state index contributed by atoms with van der Waals surface area (Å²) in [6.07, 6.45) is 3.40. The Bertz CT molecular complexity index is 196. The highest BCUT2D eigenvalue weighted by Crippen LogP contribution is 2.34. The standard InChI is InChI=1S/C11H22N2O/c1-3-10(2)8-11(4-7-14-10)9-12-5-6-13-11/h12-13H,3-9H2,1-2H3. The summed E-state index contributed by atoms with van der Waals surface area (Å²) in [6, 6.07) is 0. The van der Waals surface area contributed by atoms with Gasteiger partial charge in [0.05, 0.1) is 5.60 Å². The summed E-state index contributed by atoms with van der Waals surface area (Å²) < 4.78 is 5.87. The lowest BCUT2D eigenvalue weighted by atomic mass is 9.78. The van der Waals surface area contributed by atoms with Crippen molar-refractivity contribution in [3.05, 3.63) is 0 Å². The molecule has 3 heteroatoms. The summed E-state index contributed by atoms with van der Waals surface area (Å²) in [5.41, 5.74) is 0.394. The van der Waals surface area contributed by atoms with E-state index in [1.54, 1.807) is 0 Å². The third kappa shape index (κ3) is 1.95. The molecule has 0 radical (unpaired) electrons. The Balaban J connectivity index is 2.04. The van der Waals surface area contributed by atoms with Gasteiger partial charge in [-0.3, -0.25) is 0 Å². The molecule has 2 aliphatic heterocycles.